The summed E-state index contributed by atoms with van der Waals surface area (Å²) in [7, 11) is 0. The first-order valence-electron chi connectivity index (χ1n) is 7.18. The lowest BCUT2D eigenvalue weighted by atomic mass is 10.2. The molecule has 2 rings (SSSR count). The molecule has 0 aromatic carbocycles. The molecule has 0 atom stereocenters. The summed E-state index contributed by atoms with van der Waals surface area (Å²) in [6.07, 6.45) is 3.51. The van der Waals surface area contributed by atoms with Crippen molar-refractivity contribution in [1.82, 2.24) is 14.3 Å². The maximum atomic E-state index is 12.1. The summed E-state index contributed by atoms with van der Waals surface area (Å²) in [5, 5.41) is 0.474. The lowest BCUT2D eigenvalue weighted by Gasteiger charge is -2.20. The van der Waals surface area contributed by atoms with Crippen LogP contribution in [-0.4, -0.2) is 33.3 Å². The third-order valence-electron chi connectivity index (χ3n) is 3.27. The van der Waals surface area contributed by atoms with Crippen LogP contribution in [0.4, 0.5) is 0 Å². The molecule has 0 aliphatic rings. The molecule has 0 saturated heterocycles. The van der Waals surface area contributed by atoms with Crippen LogP contribution in [0.15, 0.2) is 29.2 Å². The van der Waals surface area contributed by atoms with Gasteiger partial charge < -0.3 is 5.73 Å². The van der Waals surface area contributed by atoms with Crippen LogP contribution >= 0.6 is 11.6 Å². The molecule has 22 heavy (non-hydrogen) atoms. The van der Waals surface area contributed by atoms with Crippen LogP contribution in [0.1, 0.15) is 25.5 Å². The number of fused-ring (bicyclic) bond motifs is 1. The molecule has 2 N–H and O–H groups in total. The van der Waals surface area contributed by atoms with Gasteiger partial charge in [-0.15, -0.1) is 0 Å². The molecule has 0 bridgehead atoms. The number of nitrogens with two attached hydrogens (primary N) is 1. The van der Waals surface area contributed by atoms with Crippen LogP contribution < -0.4 is 11.3 Å². The van der Waals surface area contributed by atoms with E-state index < -0.39 is 0 Å². The molecule has 0 spiro atoms. The van der Waals surface area contributed by atoms with E-state index in [0.717, 1.165) is 19.4 Å². The fraction of sp³-hybridized carbons (Fsp3) is 0.400. The molecule has 0 aliphatic heterocycles. The number of halogens is 1. The van der Waals surface area contributed by atoms with Gasteiger partial charge in [0.2, 0.25) is 5.91 Å². The predicted octanol–water partition coefficient (Wildman–Crippen LogP) is 1.44. The summed E-state index contributed by atoms with van der Waals surface area (Å²) in [5.74, 6) is -0.389. The third-order valence-corrected chi connectivity index (χ3v) is 3.49. The zero-order valence-electron chi connectivity index (χ0n) is 12.5. The quantitative estimate of drug-likeness (QED) is 0.836. The molecule has 1 amide bonds. The number of primary amides is 1. The summed E-state index contributed by atoms with van der Waals surface area (Å²) in [6, 6.07) is 4.84. The Labute approximate surface area is 133 Å². The number of pyridine rings is 1. The molecule has 6 nitrogen and oxygen atoms in total. The lowest BCUT2D eigenvalue weighted by molar-refractivity contribution is -0.119. The first-order chi connectivity index (χ1) is 10.5. The standard InChI is InChI=1S/C15H19ClN4O2/c1-2-3-6-19(10-13(17)21)9-12-7-15(22)20-8-11(16)4-5-14(20)18-12/h4-5,7-8H,2-3,6,9-10H2,1H3,(H2,17,21). The highest BCUT2D eigenvalue weighted by molar-refractivity contribution is 6.30. The van der Waals surface area contributed by atoms with Crippen LogP contribution in [0.3, 0.4) is 0 Å². The predicted molar refractivity (Wildman–Crippen MR) is 85.9 cm³/mol. The van der Waals surface area contributed by atoms with Gasteiger partial charge in [-0.05, 0) is 25.1 Å². The van der Waals surface area contributed by atoms with Gasteiger partial charge in [-0.1, -0.05) is 24.9 Å². The van der Waals surface area contributed by atoms with E-state index in [0.29, 0.717) is 22.9 Å². The zero-order valence-corrected chi connectivity index (χ0v) is 13.2. The number of hydrogen-bond acceptors (Lipinski definition) is 4. The number of unbranched alkanes of at least 4 members (excludes halogenated alkanes) is 1. The van der Waals surface area contributed by atoms with E-state index in [1.165, 1.54) is 16.7 Å². The Morgan fingerprint density at radius 3 is 2.91 bits per heavy atom. The molecule has 0 aliphatic carbocycles. The van der Waals surface area contributed by atoms with Crippen LogP contribution in [0.2, 0.25) is 5.02 Å². The van der Waals surface area contributed by atoms with Crippen LogP contribution in [-0.2, 0) is 11.3 Å². The monoisotopic (exact) mass is 322 g/mol. The fourth-order valence-corrected chi connectivity index (χ4v) is 2.41. The first kappa shape index (κ1) is 16.5. The number of aromatic nitrogens is 2. The Bertz CT molecular complexity index is 729. The van der Waals surface area contributed by atoms with E-state index in [1.807, 2.05) is 4.90 Å². The smallest absolute Gasteiger partial charge is 0.258 e. The highest BCUT2D eigenvalue weighted by Crippen LogP contribution is 2.09. The highest BCUT2D eigenvalue weighted by Gasteiger charge is 2.11. The van der Waals surface area contributed by atoms with Gasteiger partial charge >= 0.3 is 0 Å². The van der Waals surface area contributed by atoms with Crippen LogP contribution in [0.5, 0.6) is 0 Å². The molecule has 0 fully saturated rings. The summed E-state index contributed by atoms with van der Waals surface area (Å²) >= 11 is 5.88. The number of nitrogens with zero attached hydrogens (tertiary/aromatic N) is 3. The SMILES string of the molecule is CCCCN(CC(N)=O)Cc1cc(=O)n2cc(Cl)ccc2n1. The Morgan fingerprint density at radius 2 is 2.23 bits per heavy atom. The minimum atomic E-state index is -0.389. The zero-order chi connectivity index (χ0) is 16.1. The van der Waals surface area contributed by atoms with Gasteiger partial charge in [0.1, 0.15) is 5.65 Å². The summed E-state index contributed by atoms with van der Waals surface area (Å²) in [4.78, 5) is 29.6. The lowest BCUT2D eigenvalue weighted by Crippen LogP contribution is -2.34. The van der Waals surface area contributed by atoms with E-state index in [2.05, 4.69) is 11.9 Å². The minimum Gasteiger partial charge on any atom is -0.369 e. The maximum Gasteiger partial charge on any atom is 0.258 e. The van der Waals surface area contributed by atoms with E-state index >= 15 is 0 Å². The van der Waals surface area contributed by atoms with Crippen molar-refractivity contribution in [2.75, 3.05) is 13.1 Å². The molecule has 0 saturated carbocycles. The van der Waals surface area contributed by atoms with Crippen LogP contribution in [0.25, 0.3) is 5.65 Å². The van der Waals surface area contributed by atoms with Gasteiger partial charge in [0.15, 0.2) is 0 Å². The second-order valence-corrected chi connectivity index (χ2v) is 5.63. The normalized spacial score (nSPS) is 11.2. The van der Waals surface area contributed by atoms with Crippen molar-refractivity contribution in [2.24, 2.45) is 5.73 Å². The van der Waals surface area contributed by atoms with Gasteiger partial charge in [-0.3, -0.25) is 18.9 Å². The largest absolute Gasteiger partial charge is 0.369 e. The minimum absolute atomic E-state index is 0.154. The Morgan fingerprint density at radius 1 is 1.45 bits per heavy atom. The fourth-order valence-electron chi connectivity index (χ4n) is 2.25. The van der Waals surface area contributed by atoms with Gasteiger partial charge in [0.05, 0.1) is 17.3 Å². The van der Waals surface area contributed by atoms with E-state index in [1.54, 1.807) is 12.1 Å². The van der Waals surface area contributed by atoms with Crippen molar-refractivity contribution in [3.63, 3.8) is 0 Å². The van der Waals surface area contributed by atoms with E-state index in [4.69, 9.17) is 17.3 Å². The van der Waals surface area contributed by atoms with E-state index in [9.17, 15) is 9.59 Å². The molecular formula is C15H19ClN4O2. The summed E-state index contributed by atoms with van der Waals surface area (Å²) in [6.45, 7) is 3.38. The van der Waals surface area contributed by atoms with Crippen molar-refractivity contribution < 1.29 is 4.79 Å². The van der Waals surface area contributed by atoms with Gasteiger partial charge in [0.25, 0.3) is 5.56 Å². The van der Waals surface area contributed by atoms with Crippen molar-refractivity contribution in [3.8, 4) is 0 Å². The number of rotatable bonds is 7. The average Bonchev–Trinajstić information content (AvgIpc) is 2.45. The molecule has 2 aromatic heterocycles. The maximum absolute atomic E-state index is 12.1. The third kappa shape index (κ3) is 4.29. The van der Waals surface area contributed by atoms with Crippen molar-refractivity contribution in [2.45, 2.75) is 26.3 Å². The molecular weight excluding hydrogens is 304 g/mol. The average molecular weight is 323 g/mol. The molecule has 0 unspecified atom stereocenters. The topological polar surface area (TPSA) is 80.7 Å². The van der Waals surface area contributed by atoms with Crippen molar-refractivity contribution in [3.05, 3.63) is 45.5 Å². The van der Waals surface area contributed by atoms with Gasteiger partial charge in [-0.2, -0.15) is 0 Å². The molecule has 0 radical (unpaired) electrons. The van der Waals surface area contributed by atoms with Crippen LogP contribution in [0, 0.1) is 0 Å². The summed E-state index contributed by atoms with van der Waals surface area (Å²) in [5.41, 5.74) is 6.22. The second-order valence-electron chi connectivity index (χ2n) is 5.19. The molecule has 2 heterocycles. The van der Waals surface area contributed by atoms with Crippen molar-refractivity contribution in [1.29, 1.82) is 0 Å². The number of hydrogen-bond donors (Lipinski definition) is 1. The number of carbonyl (C=O) groups is 1. The molecule has 2 aromatic rings. The molecule has 118 valence electrons. The van der Waals surface area contributed by atoms with E-state index in [-0.39, 0.29) is 18.0 Å². The van der Waals surface area contributed by atoms with Gasteiger partial charge in [0, 0.05) is 18.8 Å². The molecule has 7 heteroatoms. The Hall–Kier alpha value is -1.92. The first-order valence-corrected chi connectivity index (χ1v) is 7.56. The highest BCUT2D eigenvalue weighted by atomic mass is 35.5. The summed E-state index contributed by atoms with van der Waals surface area (Å²) < 4.78 is 1.40. The Kier molecular flexibility index (Phi) is 5.51. The second kappa shape index (κ2) is 7.38. The number of carbonyl (C=O) groups excluding carboxylic acids is 1. The van der Waals surface area contributed by atoms with Gasteiger partial charge in [-0.25, -0.2) is 4.98 Å². The van der Waals surface area contributed by atoms with Crippen molar-refractivity contribution >= 4 is 23.2 Å². The Balaban J connectivity index is 2.27. The number of amides is 1.